The van der Waals surface area contributed by atoms with Gasteiger partial charge in [-0.25, -0.2) is 5.84 Å². The van der Waals surface area contributed by atoms with Gasteiger partial charge in [0.25, 0.3) is 0 Å². The standard InChI is InChI=1S/C13H20N2O2/c1-5-10-8-11(6-7-12(10)17-4)9(2)13(16)15(3)14/h6-9H,5,14H2,1-4H3. The molecule has 1 aromatic rings. The first-order valence-electron chi connectivity index (χ1n) is 5.70. The highest BCUT2D eigenvalue weighted by atomic mass is 16.5. The van der Waals surface area contributed by atoms with Gasteiger partial charge in [-0.2, -0.15) is 0 Å². The minimum atomic E-state index is -0.235. The zero-order valence-electron chi connectivity index (χ0n) is 10.9. The zero-order valence-corrected chi connectivity index (χ0v) is 10.9. The molecule has 0 bridgehead atoms. The quantitative estimate of drug-likeness (QED) is 0.492. The number of rotatable bonds is 4. The van der Waals surface area contributed by atoms with E-state index in [-0.39, 0.29) is 11.8 Å². The molecule has 17 heavy (non-hydrogen) atoms. The van der Waals surface area contributed by atoms with Crippen molar-refractivity contribution in [2.75, 3.05) is 14.2 Å². The van der Waals surface area contributed by atoms with Crippen LogP contribution in [0.5, 0.6) is 5.75 Å². The highest BCUT2D eigenvalue weighted by molar-refractivity contribution is 5.82. The van der Waals surface area contributed by atoms with Gasteiger partial charge in [0.2, 0.25) is 5.91 Å². The molecule has 94 valence electrons. The number of benzene rings is 1. The Balaban J connectivity index is 3.03. The van der Waals surface area contributed by atoms with E-state index in [4.69, 9.17) is 10.6 Å². The van der Waals surface area contributed by atoms with Gasteiger partial charge in [0.05, 0.1) is 13.0 Å². The van der Waals surface area contributed by atoms with E-state index in [1.54, 1.807) is 14.2 Å². The van der Waals surface area contributed by atoms with Gasteiger partial charge in [0.15, 0.2) is 0 Å². The number of ether oxygens (including phenoxy) is 1. The second kappa shape index (κ2) is 5.68. The number of hydrazine groups is 1. The Bertz CT molecular complexity index is 402. The van der Waals surface area contributed by atoms with Gasteiger partial charge >= 0.3 is 0 Å². The van der Waals surface area contributed by atoms with Gasteiger partial charge in [-0.15, -0.1) is 0 Å². The molecule has 1 aromatic carbocycles. The van der Waals surface area contributed by atoms with Crippen LogP contribution in [0.25, 0.3) is 0 Å². The van der Waals surface area contributed by atoms with Crippen molar-refractivity contribution in [2.45, 2.75) is 26.2 Å². The molecule has 1 unspecified atom stereocenters. The molecular formula is C13H20N2O2. The number of hydrogen-bond acceptors (Lipinski definition) is 3. The molecule has 4 heteroatoms. The summed E-state index contributed by atoms with van der Waals surface area (Å²) < 4.78 is 5.26. The van der Waals surface area contributed by atoms with Crippen molar-refractivity contribution in [1.29, 1.82) is 0 Å². The maximum absolute atomic E-state index is 11.8. The Morgan fingerprint density at radius 1 is 1.53 bits per heavy atom. The Labute approximate surface area is 102 Å². The Morgan fingerprint density at radius 3 is 2.65 bits per heavy atom. The minimum Gasteiger partial charge on any atom is -0.496 e. The fraction of sp³-hybridized carbons (Fsp3) is 0.462. The predicted octanol–water partition coefficient (Wildman–Crippen LogP) is 1.69. The molecule has 1 amide bonds. The van der Waals surface area contributed by atoms with Crippen LogP contribution in [0.1, 0.15) is 30.9 Å². The van der Waals surface area contributed by atoms with E-state index >= 15 is 0 Å². The monoisotopic (exact) mass is 236 g/mol. The molecular weight excluding hydrogens is 216 g/mol. The summed E-state index contributed by atoms with van der Waals surface area (Å²) in [6.45, 7) is 3.91. The van der Waals surface area contributed by atoms with Gasteiger partial charge in [0.1, 0.15) is 5.75 Å². The van der Waals surface area contributed by atoms with E-state index in [2.05, 4.69) is 6.92 Å². The summed E-state index contributed by atoms with van der Waals surface area (Å²) in [5, 5.41) is 1.13. The highest BCUT2D eigenvalue weighted by Crippen LogP contribution is 2.25. The normalized spacial score (nSPS) is 12.1. The summed E-state index contributed by atoms with van der Waals surface area (Å²) in [6.07, 6.45) is 0.871. The molecule has 1 rings (SSSR count). The van der Waals surface area contributed by atoms with Crippen molar-refractivity contribution in [1.82, 2.24) is 5.01 Å². The third kappa shape index (κ3) is 2.97. The van der Waals surface area contributed by atoms with Gasteiger partial charge in [-0.05, 0) is 30.5 Å². The van der Waals surface area contributed by atoms with E-state index in [0.29, 0.717) is 0 Å². The molecule has 1 atom stereocenters. The number of aryl methyl sites for hydroxylation is 1. The van der Waals surface area contributed by atoms with Crippen molar-refractivity contribution in [3.8, 4) is 5.75 Å². The minimum absolute atomic E-state index is 0.0998. The largest absolute Gasteiger partial charge is 0.496 e. The number of carbonyl (C=O) groups excluding carboxylic acids is 1. The molecule has 0 fully saturated rings. The fourth-order valence-corrected chi connectivity index (χ4v) is 1.79. The molecule has 0 heterocycles. The van der Waals surface area contributed by atoms with Crippen LogP contribution < -0.4 is 10.6 Å². The van der Waals surface area contributed by atoms with Crippen LogP contribution >= 0.6 is 0 Å². The number of likely N-dealkylation sites (N-methyl/N-ethyl adjacent to an activating group) is 1. The van der Waals surface area contributed by atoms with E-state index in [1.807, 2.05) is 25.1 Å². The van der Waals surface area contributed by atoms with Crippen molar-refractivity contribution in [2.24, 2.45) is 5.84 Å². The van der Waals surface area contributed by atoms with Crippen molar-refractivity contribution < 1.29 is 9.53 Å². The number of amides is 1. The predicted molar refractivity (Wildman–Crippen MR) is 67.7 cm³/mol. The second-order valence-electron chi connectivity index (χ2n) is 4.10. The second-order valence-corrected chi connectivity index (χ2v) is 4.10. The molecule has 0 spiro atoms. The van der Waals surface area contributed by atoms with Crippen molar-refractivity contribution in [3.63, 3.8) is 0 Å². The van der Waals surface area contributed by atoms with Crippen molar-refractivity contribution in [3.05, 3.63) is 29.3 Å². The smallest absolute Gasteiger partial charge is 0.243 e. The van der Waals surface area contributed by atoms with E-state index in [9.17, 15) is 4.79 Å². The molecule has 0 radical (unpaired) electrons. The lowest BCUT2D eigenvalue weighted by atomic mass is 9.97. The fourth-order valence-electron chi connectivity index (χ4n) is 1.79. The van der Waals surface area contributed by atoms with Crippen LogP contribution in [-0.4, -0.2) is 25.1 Å². The molecule has 0 aliphatic heterocycles. The molecule has 0 aromatic heterocycles. The van der Waals surface area contributed by atoms with Gasteiger partial charge < -0.3 is 4.74 Å². The summed E-state index contributed by atoms with van der Waals surface area (Å²) in [7, 11) is 3.21. The third-order valence-electron chi connectivity index (χ3n) is 2.90. The van der Waals surface area contributed by atoms with E-state index in [0.717, 1.165) is 28.3 Å². The van der Waals surface area contributed by atoms with Crippen molar-refractivity contribution >= 4 is 5.91 Å². The molecule has 0 saturated carbocycles. The summed E-state index contributed by atoms with van der Waals surface area (Å²) in [4.78, 5) is 11.8. The maximum Gasteiger partial charge on any atom is 0.243 e. The zero-order chi connectivity index (χ0) is 13.0. The summed E-state index contributed by atoms with van der Waals surface area (Å²) in [5.74, 6) is 5.98. The molecule has 2 N–H and O–H groups in total. The number of carbonyl (C=O) groups is 1. The number of nitrogens with zero attached hydrogens (tertiary/aromatic N) is 1. The summed E-state index contributed by atoms with van der Waals surface area (Å²) in [6, 6.07) is 5.81. The SMILES string of the molecule is CCc1cc(C(C)C(=O)N(C)N)ccc1OC. The average Bonchev–Trinajstić information content (AvgIpc) is 2.35. The maximum atomic E-state index is 11.8. The first-order chi connectivity index (χ1) is 8.01. The molecule has 4 nitrogen and oxygen atoms in total. The Morgan fingerprint density at radius 2 is 2.18 bits per heavy atom. The van der Waals surface area contributed by atoms with Crippen LogP contribution in [-0.2, 0) is 11.2 Å². The topological polar surface area (TPSA) is 55.6 Å². The van der Waals surface area contributed by atoms with Crippen LogP contribution in [0.4, 0.5) is 0 Å². The van der Waals surface area contributed by atoms with Gasteiger partial charge in [-0.1, -0.05) is 19.1 Å². The molecule has 0 aliphatic carbocycles. The van der Waals surface area contributed by atoms with Gasteiger partial charge in [-0.3, -0.25) is 9.80 Å². The van der Waals surface area contributed by atoms with Crippen LogP contribution in [0.3, 0.4) is 0 Å². The average molecular weight is 236 g/mol. The molecule has 0 aliphatic rings. The van der Waals surface area contributed by atoms with E-state index < -0.39 is 0 Å². The lowest BCUT2D eigenvalue weighted by Crippen LogP contribution is -2.36. The first kappa shape index (κ1) is 13.5. The third-order valence-corrected chi connectivity index (χ3v) is 2.90. The number of methoxy groups -OCH3 is 1. The number of nitrogens with two attached hydrogens (primary N) is 1. The lowest BCUT2D eigenvalue weighted by molar-refractivity contribution is -0.131. The highest BCUT2D eigenvalue weighted by Gasteiger charge is 2.18. The molecule has 0 saturated heterocycles. The Kier molecular flexibility index (Phi) is 4.52. The van der Waals surface area contributed by atoms with Crippen LogP contribution in [0.2, 0.25) is 0 Å². The summed E-state index contributed by atoms with van der Waals surface area (Å²) >= 11 is 0. The van der Waals surface area contributed by atoms with Crippen LogP contribution in [0, 0.1) is 0 Å². The first-order valence-corrected chi connectivity index (χ1v) is 5.70. The van der Waals surface area contributed by atoms with Gasteiger partial charge in [0, 0.05) is 7.05 Å². The van der Waals surface area contributed by atoms with E-state index in [1.165, 1.54) is 0 Å². The lowest BCUT2D eigenvalue weighted by Gasteiger charge is -2.18. The van der Waals surface area contributed by atoms with Crippen LogP contribution in [0.15, 0.2) is 18.2 Å². The summed E-state index contributed by atoms with van der Waals surface area (Å²) in [5.41, 5.74) is 2.06. The Hall–Kier alpha value is -1.55. The number of hydrogen-bond donors (Lipinski definition) is 1.